The Hall–Kier alpha value is -8.40. The molecule has 3 aliphatic rings. The number of hydrogen-bond donors (Lipinski definition) is 0. The monoisotopic (exact) mass is 972 g/mol. The van der Waals surface area contributed by atoms with Crippen LogP contribution in [-0.4, -0.2) is 59.9 Å². The average Bonchev–Trinajstić information content (AvgIpc) is 3.78. The number of nitrogens with zero attached hydrogens (tertiary/aromatic N) is 4. The number of anilines is 2. The summed E-state index contributed by atoms with van der Waals surface area (Å²) in [4.78, 5) is 84.0. The zero-order valence-electron chi connectivity index (χ0n) is 40.4. The highest BCUT2D eigenvalue weighted by Crippen LogP contribution is 2.45. The van der Waals surface area contributed by atoms with Gasteiger partial charge in [0.2, 0.25) is 0 Å². The lowest BCUT2D eigenvalue weighted by Gasteiger charge is -2.25. The Morgan fingerprint density at radius 3 is 0.833 bits per heavy atom. The van der Waals surface area contributed by atoms with E-state index in [-0.39, 0.29) is 97.1 Å². The average molecular weight is 973 g/mol. The Labute approximate surface area is 415 Å². The number of carbonyl (C=O) groups is 4. The van der Waals surface area contributed by atoms with E-state index < -0.39 is 33.5 Å². The van der Waals surface area contributed by atoms with Crippen LogP contribution in [0.2, 0.25) is 0 Å². The molecule has 0 unspecified atom stereocenters. The van der Waals surface area contributed by atoms with E-state index in [9.17, 15) is 39.4 Å². The summed E-state index contributed by atoms with van der Waals surface area (Å²) in [6.07, 6.45) is 2.09. The maximum Gasteiger partial charge on any atom is 0.270 e. The standard InChI is InChI=1S/C56H52N4O12/c1-5-17-69-49-33-21-37-29-43(59(65)66)31-39(51(37)71-19-7-3)23-35-27-42(58-55(63)47-15-11-12-16-48(47)56(58)64)28-36(50(35)70-18-6-2)24-40-32-44(60(67)68)30-38(52(40)72-20-8-4)22-34(49)26-41(25-33)57-53(61)45-13-9-10-14-46(45)54(57)62/h9-16,25-32H,5-8,17-24H2,1-4H3. The number of ether oxygens (including phenoxy) is 4. The number of carbonyl (C=O) groups excluding carboxylic acids is 4. The summed E-state index contributed by atoms with van der Waals surface area (Å²) < 4.78 is 26.4. The second-order valence-electron chi connectivity index (χ2n) is 18.0. The number of imide groups is 2. The number of benzene rings is 6. The van der Waals surface area contributed by atoms with Crippen LogP contribution in [0.15, 0.2) is 97.1 Å². The Morgan fingerprint density at radius 1 is 0.403 bits per heavy atom. The third kappa shape index (κ3) is 9.11. The summed E-state index contributed by atoms with van der Waals surface area (Å²) in [5, 5.41) is 26.0. The first kappa shape index (κ1) is 48.6. The highest BCUT2D eigenvalue weighted by Gasteiger charge is 2.39. The molecule has 72 heavy (non-hydrogen) atoms. The summed E-state index contributed by atoms with van der Waals surface area (Å²) in [6, 6.07) is 25.5. The molecule has 0 saturated carbocycles. The van der Waals surface area contributed by atoms with Crippen molar-refractivity contribution in [3.8, 4) is 23.0 Å². The summed E-state index contributed by atoms with van der Waals surface area (Å²) in [5.74, 6) is -0.785. The molecular formula is C56H52N4O12. The summed E-state index contributed by atoms with van der Waals surface area (Å²) >= 11 is 0. The first-order chi connectivity index (χ1) is 34.8. The molecule has 9 rings (SSSR count). The molecule has 0 spiro atoms. The van der Waals surface area contributed by atoms with Gasteiger partial charge in [-0.15, -0.1) is 0 Å². The molecule has 16 heteroatoms. The van der Waals surface area contributed by atoms with E-state index in [1.54, 1.807) is 72.8 Å². The van der Waals surface area contributed by atoms with Crippen LogP contribution in [-0.2, 0) is 25.7 Å². The minimum absolute atomic E-state index is 0.0598. The van der Waals surface area contributed by atoms with Gasteiger partial charge in [0.15, 0.2) is 0 Å². The fraction of sp³-hybridized carbons (Fsp3) is 0.286. The molecule has 368 valence electrons. The van der Waals surface area contributed by atoms with E-state index in [1.165, 1.54) is 24.3 Å². The van der Waals surface area contributed by atoms with Gasteiger partial charge in [-0.3, -0.25) is 39.4 Å². The van der Waals surface area contributed by atoms with Crippen molar-refractivity contribution in [1.29, 1.82) is 0 Å². The van der Waals surface area contributed by atoms with Crippen molar-refractivity contribution < 1.29 is 48.0 Å². The Bertz CT molecular complexity index is 2840. The SMILES string of the molecule is CCCOc1c2cc(N3C(=O)c4ccccc4C3=O)cc1Cc1cc([N+](=O)[O-])cc(c1OCCC)Cc1cc(N3C(=O)c4ccccc4C3=O)cc(c1OCCC)Cc1cc([N+](=O)[O-])cc(c1OCCC)C2. The zero-order valence-corrected chi connectivity index (χ0v) is 40.4. The van der Waals surface area contributed by atoms with Gasteiger partial charge in [-0.1, -0.05) is 52.0 Å². The number of nitro benzene ring substituents is 2. The second-order valence-corrected chi connectivity index (χ2v) is 18.0. The van der Waals surface area contributed by atoms with Gasteiger partial charge in [0.1, 0.15) is 23.0 Å². The number of nitro groups is 2. The van der Waals surface area contributed by atoms with Crippen LogP contribution in [0.1, 0.15) is 139 Å². The molecule has 16 nitrogen and oxygen atoms in total. The molecule has 0 radical (unpaired) electrons. The van der Waals surface area contributed by atoms with Crippen LogP contribution in [0.5, 0.6) is 23.0 Å². The lowest BCUT2D eigenvalue weighted by Crippen LogP contribution is -2.29. The number of rotatable bonds is 16. The molecule has 6 aromatic carbocycles. The van der Waals surface area contributed by atoms with Gasteiger partial charge in [0, 0.05) is 94.5 Å². The van der Waals surface area contributed by atoms with Gasteiger partial charge >= 0.3 is 0 Å². The van der Waals surface area contributed by atoms with E-state index in [0.717, 1.165) is 9.80 Å². The predicted molar refractivity (Wildman–Crippen MR) is 269 cm³/mol. The summed E-state index contributed by atoms with van der Waals surface area (Å²) in [6.45, 7) is 8.66. The predicted octanol–water partition coefficient (Wildman–Crippen LogP) is 10.9. The topological polar surface area (TPSA) is 198 Å². The lowest BCUT2D eigenvalue weighted by molar-refractivity contribution is -0.385. The first-order valence-electron chi connectivity index (χ1n) is 24.2. The third-order valence-electron chi connectivity index (χ3n) is 12.8. The smallest absolute Gasteiger partial charge is 0.270 e. The molecule has 0 aromatic heterocycles. The molecule has 4 amide bonds. The van der Waals surface area contributed by atoms with Crippen LogP contribution in [0.4, 0.5) is 22.7 Å². The molecule has 0 saturated heterocycles. The van der Waals surface area contributed by atoms with Gasteiger partial charge in [0.05, 0.1) is 69.9 Å². The highest BCUT2D eigenvalue weighted by molar-refractivity contribution is 6.35. The van der Waals surface area contributed by atoms with Crippen molar-refractivity contribution in [1.82, 2.24) is 0 Å². The van der Waals surface area contributed by atoms with E-state index in [2.05, 4.69) is 0 Å². The van der Waals surface area contributed by atoms with E-state index in [0.29, 0.717) is 93.2 Å². The van der Waals surface area contributed by atoms with Crippen LogP contribution >= 0.6 is 0 Å². The Balaban J connectivity index is 1.37. The van der Waals surface area contributed by atoms with Gasteiger partial charge in [-0.05, 0) is 74.2 Å². The molecule has 8 bridgehead atoms. The number of non-ortho nitro benzene ring substituents is 2. The van der Waals surface area contributed by atoms with Crippen molar-refractivity contribution in [3.63, 3.8) is 0 Å². The minimum atomic E-state index is -0.547. The van der Waals surface area contributed by atoms with Crippen LogP contribution in [0, 0.1) is 20.2 Å². The normalized spacial score (nSPS) is 13.8. The van der Waals surface area contributed by atoms with Crippen molar-refractivity contribution in [3.05, 3.63) is 184 Å². The first-order valence-corrected chi connectivity index (χ1v) is 24.2. The molecule has 2 aliphatic heterocycles. The molecular weight excluding hydrogens is 921 g/mol. The Kier molecular flexibility index (Phi) is 13.9. The summed E-state index contributed by atoms with van der Waals surface area (Å²) in [7, 11) is 0. The van der Waals surface area contributed by atoms with Crippen LogP contribution in [0.3, 0.4) is 0 Å². The lowest BCUT2D eigenvalue weighted by atomic mass is 9.90. The van der Waals surface area contributed by atoms with Gasteiger partial charge in [-0.25, -0.2) is 9.80 Å². The molecule has 0 atom stereocenters. The van der Waals surface area contributed by atoms with Crippen LogP contribution in [0.25, 0.3) is 0 Å². The molecule has 0 fully saturated rings. The summed E-state index contributed by atoms with van der Waals surface area (Å²) in [5.41, 5.74) is 4.19. The largest absolute Gasteiger partial charge is 0.493 e. The van der Waals surface area contributed by atoms with Gasteiger partial charge in [-0.2, -0.15) is 0 Å². The number of fused-ring (bicyclic) bond motifs is 10. The maximum absolute atomic E-state index is 14.2. The van der Waals surface area contributed by atoms with Crippen molar-refractivity contribution in [2.45, 2.75) is 79.1 Å². The Morgan fingerprint density at radius 2 is 0.625 bits per heavy atom. The van der Waals surface area contributed by atoms with Crippen LogP contribution < -0.4 is 28.7 Å². The molecule has 1 aliphatic carbocycles. The molecule has 2 heterocycles. The minimum Gasteiger partial charge on any atom is -0.493 e. The van der Waals surface area contributed by atoms with Crippen molar-refractivity contribution in [2.24, 2.45) is 0 Å². The quantitative estimate of drug-likeness (QED) is 0.0505. The van der Waals surface area contributed by atoms with Crippen molar-refractivity contribution >= 4 is 46.4 Å². The number of hydrogen-bond acceptors (Lipinski definition) is 12. The maximum atomic E-state index is 14.2. The zero-order chi connectivity index (χ0) is 50.8. The fourth-order valence-corrected chi connectivity index (χ4v) is 9.69. The van der Waals surface area contributed by atoms with E-state index >= 15 is 0 Å². The van der Waals surface area contributed by atoms with E-state index in [1.807, 2.05) is 27.7 Å². The highest BCUT2D eigenvalue weighted by atomic mass is 16.6. The van der Waals surface area contributed by atoms with Gasteiger partial charge < -0.3 is 18.9 Å². The fourth-order valence-electron chi connectivity index (χ4n) is 9.69. The van der Waals surface area contributed by atoms with Gasteiger partial charge in [0.25, 0.3) is 35.0 Å². The number of amides is 4. The van der Waals surface area contributed by atoms with Crippen molar-refractivity contribution in [2.75, 3.05) is 36.2 Å². The molecule has 0 N–H and O–H groups in total. The molecule has 6 aromatic rings. The second kappa shape index (κ2) is 20.5. The third-order valence-corrected chi connectivity index (χ3v) is 12.8. The van der Waals surface area contributed by atoms with E-state index in [4.69, 9.17) is 18.9 Å².